The first-order valence-electron chi connectivity index (χ1n) is 11.7. The van der Waals surface area contributed by atoms with Crippen LogP contribution in [-0.2, 0) is 21.5 Å². The number of hydrogen-bond donors (Lipinski definition) is 1. The minimum absolute atomic E-state index is 0.0409. The minimum Gasteiger partial charge on any atom is -0.351 e. The van der Waals surface area contributed by atoms with Gasteiger partial charge in [-0.05, 0) is 17.2 Å². The van der Waals surface area contributed by atoms with Gasteiger partial charge in [0.05, 0.1) is 13.1 Å². The van der Waals surface area contributed by atoms with E-state index in [1.165, 1.54) is 11.3 Å². The zero-order valence-corrected chi connectivity index (χ0v) is 19.9. The second kappa shape index (κ2) is 9.89. The zero-order chi connectivity index (χ0) is 23.4. The topological polar surface area (TPSA) is 55.9 Å². The van der Waals surface area contributed by atoms with E-state index in [1.807, 2.05) is 49.5 Å². The van der Waals surface area contributed by atoms with E-state index >= 15 is 0 Å². The normalized spacial score (nSPS) is 19.5. The molecule has 2 heterocycles. The standard InChI is InChI=1S/C27H34N4O2/c1-27(2)23-11-7-8-12-24(23)29(3)25(27)17-22(32)19-30-13-15-31(16-14-30)20-26(33)28-18-21-9-5-4-6-10-21/h4-12,17H,13-16,18-20H2,1-3H3,(H,28,33). The molecule has 1 N–H and O–H groups in total. The number of ketones is 1. The Bertz CT molecular complexity index is 1020. The Morgan fingerprint density at radius 3 is 2.18 bits per heavy atom. The van der Waals surface area contributed by atoms with Crippen LogP contribution in [0.25, 0.3) is 0 Å². The quantitative estimate of drug-likeness (QED) is 0.663. The highest BCUT2D eigenvalue weighted by Crippen LogP contribution is 2.46. The predicted molar refractivity (Wildman–Crippen MR) is 132 cm³/mol. The summed E-state index contributed by atoms with van der Waals surface area (Å²) in [5.74, 6) is 0.172. The number of allylic oxidation sites excluding steroid dienone is 1. The molecule has 6 nitrogen and oxygen atoms in total. The Morgan fingerprint density at radius 1 is 0.909 bits per heavy atom. The van der Waals surface area contributed by atoms with Crippen molar-refractivity contribution >= 4 is 17.4 Å². The van der Waals surface area contributed by atoms with Crippen molar-refractivity contribution in [2.45, 2.75) is 25.8 Å². The molecule has 0 aliphatic carbocycles. The summed E-state index contributed by atoms with van der Waals surface area (Å²) in [7, 11) is 2.04. The number of carbonyl (C=O) groups is 2. The zero-order valence-electron chi connectivity index (χ0n) is 19.9. The first-order valence-corrected chi connectivity index (χ1v) is 11.7. The van der Waals surface area contributed by atoms with Crippen LogP contribution in [0.5, 0.6) is 0 Å². The molecule has 2 aromatic carbocycles. The number of para-hydroxylation sites is 1. The van der Waals surface area contributed by atoms with Gasteiger partial charge in [0.1, 0.15) is 0 Å². The molecule has 1 amide bonds. The maximum Gasteiger partial charge on any atom is 0.234 e. The Balaban J connectivity index is 1.25. The molecule has 1 saturated heterocycles. The van der Waals surface area contributed by atoms with Gasteiger partial charge in [-0.3, -0.25) is 19.4 Å². The van der Waals surface area contributed by atoms with E-state index in [0.29, 0.717) is 19.6 Å². The van der Waals surface area contributed by atoms with E-state index in [0.717, 1.165) is 37.4 Å². The molecule has 4 rings (SSSR count). The molecule has 0 bridgehead atoms. The number of carbonyl (C=O) groups excluding carboxylic acids is 2. The molecule has 0 radical (unpaired) electrons. The van der Waals surface area contributed by atoms with Gasteiger partial charge in [-0.1, -0.05) is 62.4 Å². The predicted octanol–water partition coefficient (Wildman–Crippen LogP) is 2.80. The Hall–Kier alpha value is -2.96. The monoisotopic (exact) mass is 446 g/mol. The fourth-order valence-corrected chi connectivity index (χ4v) is 4.84. The number of likely N-dealkylation sites (N-methyl/N-ethyl adjacent to an activating group) is 1. The number of nitrogens with one attached hydrogen (secondary N) is 1. The van der Waals surface area contributed by atoms with Crippen molar-refractivity contribution in [3.63, 3.8) is 0 Å². The maximum atomic E-state index is 12.9. The van der Waals surface area contributed by atoms with E-state index in [-0.39, 0.29) is 17.1 Å². The lowest BCUT2D eigenvalue weighted by Gasteiger charge is -2.33. The van der Waals surface area contributed by atoms with Crippen LogP contribution in [0.3, 0.4) is 0 Å². The van der Waals surface area contributed by atoms with Crippen molar-refractivity contribution in [2.75, 3.05) is 51.2 Å². The van der Waals surface area contributed by atoms with Crippen LogP contribution in [0.15, 0.2) is 66.4 Å². The number of hydrogen-bond acceptors (Lipinski definition) is 5. The molecule has 33 heavy (non-hydrogen) atoms. The van der Waals surface area contributed by atoms with E-state index in [1.54, 1.807) is 0 Å². The molecule has 174 valence electrons. The van der Waals surface area contributed by atoms with Gasteiger partial charge in [-0.15, -0.1) is 0 Å². The van der Waals surface area contributed by atoms with Gasteiger partial charge in [0.25, 0.3) is 0 Å². The summed E-state index contributed by atoms with van der Waals surface area (Å²) < 4.78 is 0. The molecule has 0 unspecified atom stereocenters. The van der Waals surface area contributed by atoms with E-state index < -0.39 is 0 Å². The molecule has 1 fully saturated rings. The molecular formula is C27H34N4O2. The van der Waals surface area contributed by atoms with Crippen LogP contribution in [-0.4, -0.2) is 67.8 Å². The fourth-order valence-electron chi connectivity index (χ4n) is 4.84. The molecule has 2 aromatic rings. The van der Waals surface area contributed by atoms with Crippen LogP contribution in [0.4, 0.5) is 5.69 Å². The first-order chi connectivity index (χ1) is 15.8. The van der Waals surface area contributed by atoms with Crippen molar-refractivity contribution in [3.05, 3.63) is 77.5 Å². The van der Waals surface area contributed by atoms with E-state index in [4.69, 9.17) is 0 Å². The molecule has 0 saturated carbocycles. The SMILES string of the molecule is CN1C(=CC(=O)CN2CCN(CC(=O)NCc3ccccc3)CC2)C(C)(C)c2ccccc21. The Kier molecular flexibility index (Phi) is 6.96. The lowest BCUT2D eigenvalue weighted by Crippen LogP contribution is -2.50. The van der Waals surface area contributed by atoms with Gasteiger partial charge in [-0.25, -0.2) is 0 Å². The van der Waals surface area contributed by atoms with Gasteiger partial charge in [0.2, 0.25) is 5.91 Å². The summed E-state index contributed by atoms with van der Waals surface area (Å²) in [4.78, 5) is 31.7. The molecule has 0 spiro atoms. The minimum atomic E-state index is -0.188. The highest BCUT2D eigenvalue weighted by Gasteiger charge is 2.38. The van der Waals surface area contributed by atoms with Crippen molar-refractivity contribution in [2.24, 2.45) is 0 Å². The number of fused-ring (bicyclic) bond motifs is 1. The number of benzene rings is 2. The summed E-state index contributed by atoms with van der Waals surface area (Å²) in [5.41, 5.74) is 4.38. The molecule has 2 aliphatic heterocycles. The first kappa shape index (κ1) is 23.2. The van der Waals surface area contributed by atoms with Crippen molar-refractivity contribution < 1.29 is 9.59 Å². The smallest absolute Gasteiger partial charge is 0.234 e. The van der Waals surface area contributed by atoms with Gasteiger partial charge < -0.3 is 10.2 Å². The average Bonchev–Trinajstić information content (AvgIpc) is 3.00. The summed E-state index contributed by atoms with van der Waals surface area (Å²) in [6.45, 7) is 8.89. The van der Waals surface area contributed by atoms with E-state index in [2.05, 4.69) is 52.1 Å². The summed E-state index contributed by atoms with van der Waals surface area (Å²) in [6.07, 6.45) is 1.82. The third kappa shape index (κ3) is 5.34. The van der Waals surface area contributed by atoms with Gasteiger partial charge in [-0.2, -0.15) is 0 Å². The lowest BCUT2D eigenvalue weighted by atomic mass is 9.83. The number of amides is 1. The average molecular weight is 447 g/mol. The third-order valence-corrected chi connectivity index (χ3v) is 6.78. The van der Waals surface area contributed by atoms with Crippen LogP contribution >= 0.6 is 0 Å². The highest BCUT2D eigenvalue weighted by molar-refractivity contribution is 5.94. The Morgan fingerprint density at radius 2 is 1.52 bits per heavy atom. The van der Waals surface area contributed by atoms with Crippen LogP contribution in [0.1, 0.15) is 25.0 Å². The second-order valence-electron chi connectivity index (χ2n) is 9.51. The van der Waals surface area contributed by atoms with Gasteiger partial charge in [0.15, 0.2) is 5.78 Å². The summed E-state index contributed by atoms with van der Waals surface area (Å²) in [6, 6.07) is 18.3. The molecule has 0 atom stereocenters. The molecular weight excluding hydrogens is 412 g/mol. The highest BCUT2D eigenvalue weighted by atomic mass is 16.2. The van der Waals surface area contributed by atoms with E-state index in [9.17, 15) is 9.59 Å². The second-order valence-corrected chi connectivity index (χ2v) is 9.51. The van der Waals surface area contributed by atoms with Crippen LogP contribution < -0.4 is 10.2 Å². The van der Waals surface area contributed by atoms with Crippen molar-refractivity contribution in [3.8, 4) is 0 Å². The molecule has 6 heteroatoms. The largest absolute Gasteiger partial charge is 0.351 e. The third-order valence-electron chi connectivity index (χ3n) is 6.78. The van der Waals surface area contributed by atoms with Crippen molar-refractivity contribution in [1.29, 1.82) is 0 Å². The number of nitrogens with zero attached hydrogens (tertiary/aromatic N) is 3. The number of piperazine rings is 1. The molecule has 2 aliphatic rings. The van der Waals surface area contributed by atoms with Crippen molar-refractivity contribution in [1.82, 2.24) is 15.1 Å². The Labute approximate surface area is 196 Å². The van der Waals surface area contributed by atoms with Crippen LogP contribution in [0.2, 0.25) is 0 Å². The van der Waals surface area contributed by atoms with Gasteiger partial charge in [0, 0.05) is 62.6 Å². The fraction of sp³-hybridized carbons (Fsp3) is 0.407. The number of rotatable bonds is 7. The van der Waals surface area contributed by atoms with Gasteiger partial charge >= 0.3 is 0 Å². The number of anilines is 1. The summed E-state index contributed by atoms with van der Waals surface area (Å²) in [5, 5.41) is 2.99. The lowest BCUT2D eigenvalue weighted by molar-refractivity contribution is -0.123. The maximum absolute atomic E-state index is 12.9. The van der Waals surface area contributed by atoms with Crippen LogP contribution in [0, 0.1) is 0 Å². The molecule has 0 aromatic heterocycles. The summed E-state index contributed by atoms with van der Waals surface area (Å²) >= 11 is 0.